The summed E-state index contributed by atoms with van der Waals surface area (Å²) in [4.78, 5) is 15.6. The van der Waals surface area contributed by atoms with Crippen LogP contribution < -0.4 is 4.90 Å². The SMILES string of the molecule is O=C1CC(c2ccco2)Sc2ccccc2N1Cc1ccccc1F. The maximum atomic E-state index is 14.1. The van der Waals surface area contributed by atoms with Crippen molar-refractivity contribution < 1.29 is 13.6 Å². The van der Waals surface area contributed by atoms with Crippen LogP contribution in [0, 0.1) is 5.82 Å². The molecule has 0 saturated heterocycles. The molecule has 5 heteroatoms. The highest BCUT2D eigenvalue weighted by Gasteiger charge is 2.30. The smallest absolute Gasteiger partial charge is 0.228 e. The van der Waals surface area contributed by atoms with Crippen molar-refractivity contribution in [2.75, 3.05) is 4.90 Å². The number of thioether (sulfide) groups is 1. The van der Waals surface area contributed by atoms with Gasteiger partial charge in [0.2, 0.25) is 5.91 Å². The van der Waals surface area contributed by atoms with Crippen LogP contribution in [-0.2, 0) is 11.3 Å². The molecule has 0 spiro atoms. The Balaban J connectivity index is 1.72. The minimum absolute atomic E-state index is 0.0397. The standard InChI is InChI=1S/C20H16FNO2S/c21-15-7-2-1-6-14(15)13-22-16-8-3-4-10-18(16)25-19(12-20(22)23)17-9-5-11-24-17/h1-11,19H,12-13H2. The summed E-state index contributed by atoms with van der Waals surface area (Å²) >= 11 is 1.61. The normalized spacial score (nSPS) is 17.2. The Bertz CT molecular complexity index is 894. The minimum atomic E-state index is -0.299. The second-order valence-corrected chi connectivity index (χ2v) is 7.11. The van der Waals surface area contributed by atoms with Gasteiger partial charge >= 0.3 is 0 Å². The highest BCUT2D eigenvalue weighted by atomic mass is 32.2. The second kappa shape index (κ2) is 6.76. The van der Waals surface area contributed by atoms with Crippen molar-refractivity contribution in [3.8, 4) is 0 Å². The molecule has 3 aromatic rings. The van der Waals surface area contributed by atoms with Crippen LogP contribution in [0.15, 0.2) is 76.2 Å². The molecular formula is C20H16FNO2S. The molecule has 25 heavy (non-hydrogen) atoms. The number of carbonyl (C=O) groups excluding carboxylic acids is 1. The second-order valence-electron chi connectivity index (χ2n) is 5.87. The number of halogens is 1. The lowest BCUT2D eigenvalue weighted by molar-refractivity contribution is -0.118. The molecule has 1 aliphatic heterocycles. The maximum Gasteiger partial charge on any atom is 0.228 e. The van der Waals surface area contributed by atoms with Gasteiger partial charge in [0.15, 0.2) is 0 Å². The number of furan rings is 1. The molecular weight excluding hydrogens is 337 g/mol. The summed E-state index contributed by atoms with van der Waals surface area (Å²) in [5, 5.41) is -0.0886. The summed E-state index contributed by atoms with van der Waals surface area (Å²) < 4.78 is 19.6. The van der Waals surface area contributed by atoms with Crippen molar-refractivity contribution >= 4 is 23.4 Å². The van der Waals surface area contributed by atoms with Crippen LogP contribution >= 0.6 is 11.8 Å². The summed E-state index contributed by atoms with van der Waals surface area (Å²) in [6, 6.07) is 18.0. The van der Waals surface area contributed by atoms with Crippen molar-refractivity contribution in [1.82, 2.24) is 0 Å². The van der Waals surface area contributed by atoms with Crippen molar-refractivity contribution in [3.63, 3.8) is 0 Å². The van der Waals surface area contributed by atoms with Crippen LogP contribution in [0.25, 0.3) is 0 Å². The van der Waals surface area contributed by atoms with Crippen molar-refractivity contribution in [2.45, 2.75) is 23.1 Å². The van der Waals surface area contributed by atoms with Gasteiger partial charge in [0.05, 0.1) is 23.7 Å². The van der Waals surface area contributed by atoms with Gasteiger partial charge in [-0.25, -0.2) is 4.39 Å². The molecule has 1 amide bonds. The molecule has 1 aliphatic rings. The van der Waals surface area contributed by atoms with Crippen molar-refractivity contribution in [1.29, 1.82) is 0 Å². The Hall–Kier alpha value is -2.53. The highest BCUT2D eigenvalue weighted by Crippen LogP contribution is 2.45. The number of hydrogen-bond acceptors (Lipinski definition) is 3. The molecule has 1 unspecified atom stereocenters. The van der Waals surface area contributed by atoms with Gasteiger partial charge in [-0.15, -0.1) is 11.8 Å². The number of para-hydroxylation sites is 1. The van der Waals surface area contributed by atoms with Gasteiger partial charge in [-0.05, 0) is 30.3 Å². The largest absolute Gasteiger partial charge is 0.468 e. The fourth-order valence-corrected chi connectivity index (χ4v) is 4.22. The first-order valence-electron chi connectivity index (χ1n) is 8.05. The molecule has 0 bridgehead atoms. The first-order chi connectivity index (χ1) is 12.2. The van der Waals surface area contributed by atoms with Crippen molar-refractivity contribution in [3.05, 3.63) is 84.1 Å². The van der Waals surface area contributed by atoms with Crippen LogP contribution in [0.2, 0.25) is 0 Å². The Kier molecular flexibility index (Phi) is 4.32. The molecule has 1 atom stereocenters. The number of fused-ring (bicyclic) bond motifs is 1. The Labute approximate surface area is 149 Å². The fraction of sp³-hybridized carbons (Fsp3) is 0.150. The molecule has 0 radical (unpaired) electrons. The number of benzene rings is 2. The number of nitrogens with zero attached hydrogens (tertiary/aromatic N) is 1. The zero-order valence-electron chi connectivity index (χ0n) is 13.4. The Morgan fingerprint density at radius 1 is 1.08 bits per heavy atom. The molecule has 1 aromatic heterocycles. The van der Waals surface area contributed by atoms with Gasteiger partial charge in [-0.2, -0.15) is 0 Å². The Morgan fingerprint density at radius 3 is 2.68 bits per heavy atom. The number of rotatable bonds is 3. The van der Waals surface area contributed by atoms with E-state index in [1.54, 1.807) is 41.1 Å². The third-order valence-corrected chi connectivity index (χ3v) is 5.52. The Morgan fingerprint density at radius 2 is 1.88 bits per heavy atom. The zero-order valence-corrected chi connectivity index (χ0v) is 14.2. The van der Waals surface area contributed by atoms with Crippen LogP contribution in [-0.4, -0.2) is 5.91 Å². The quantitative estimate of drug-likeness (QED) is 0.650. The first-order valence-corrected chi connectivity index (χ1v) is 8.93. The monoisotopic (exact) mass is 353 g/mol. The van der Waals surface area contributed by atoms with E-state index in [2.05, 4.69) is 0 Å². The molecule has 0 fully saturated rings. The minimum Gasteiger partial charge on any atom is -0.468 e. The van der Waals surface area contributed by atoms with E-state index in [0.717, 1.165) is 16.3 Å². The molecule has 126 valence electrons. The summed E-state index contributed by atoms with van der Waals surface area (Å²) in [5.41, 5.74) is 1.32. The van der Waals surface area contributed by atoms with Crippen LogP contribution in [0.3, 0.4) is 0 Å². The fourth-order valence-electron chi connectivity index (χ4n) is 2.98. The predicted molar refractivity (Wildman–Crippen MR) is 96.0 cm³/mol. The van der Waals surface area contributed by atoms with E-state index in [1.807, 2.05) is 36.4 Å². The number of hydrogen-bond donors (Lipinski definition) is 0. The van der Waals surface area contributed by atoms with E-state index in [9.17, 15) is 9.18 Å². The van der Waals surface area contributed by atoms with Crippen LogP contribution in [0.5, 0.6) is 0 Å². The molecule has 3 nitrogen and oxygen atoms in total. The number of carbonyl (C=O) groups is 1. The van der Waals surface area contributed by atoms with Gasteiger partial charge in [0.1, 0.15) is 11.6 Å². The van der Waals surface area contributed by atoms with E-state index >= 15 is 0 Å². The number of amides is 1. The summed E-state index contributed by atoms with van der Waals surface area (Å²) in [6.45, 7) is 0.216. The van der Waals surface area contributed by atoms with E-state index in [1.165, 1.54) is 6.07 Å². The lowest BCUT2D eigenvalue weighted by Gasteiger charge is -2.23. The number of anilines is 1. The van der Waals surface area contributed by atoms with Gasteiger partial charge in [-0.1, -0.05) is 30.3 Å². The lowest BCUT2D eigenvalue weighted by atomic mass is 10.1. The third kappa shape index (κ3) is 3.20. The average Bonchev–Trinajstić information content (AvgIpc) is 3.11. The van der Waals surface area contributed by atoms with Gasteiger partial charge in [0.25, 0.3) is 0 Å². The molecule has 2 heterocycles. The van der Waals surface area contributed by atoms with Gasteiger partial charge in [0, 0.05) is 16.9 Å². The van der Waals surface area contributed by atoms with Gasteiger partial charge in [-0.3, -0.25) is 4.79 Å². The summed E-state index contributed by atoms with van der Waals surface area (Å²) in [6.07, 6.45) is 1.93. The van der Waals surface area contributed by atoms with E-state index in [4.69, 9.17) is 4.42 Å². The van der Waals surface area contributed by atoms with E-state index in [-0.39, 0.29) is 23.5 Å². The predicted octanol–water partition coefficient (Wildman–Crippen LogP) is 5.19. The molecule has 4 rings (SSSR count). The highest BCUT2D eigenvalue weighted by molar-refractivity contribution is 7.99. The summed E-state index contributed by atoms with van der Waals surface area (Å²) in [7, 11) is 0. The molecule has 2 aromatic carbocycles. The maximum absolute atomic E-state index is 14.1. The third-order valence-electron chi connectivity index (χ3n) is 4.23. The average molecular weight is 353 g/mol. The van der Waals surface area contributed by atoms with Gasteiger partial charge < -0.3 is 9.32 Å². The molecule has 0 aliphatic carbocycles. The van der Waals surface area contributed by atoms with Crippen LogP contribution in [0.4, 0.5) is 10.1 Å². The summed E-state index contributed by atoms with van der Waals surface area (Å²) in [5.74, 6) is 0.440. The van der Waals surface area contributed by atoms with E-state index < -0.39 is 0 Å². The topological polar surface area (TPSA) is 33.5 Å². The molecule has 0 N–H and O–H groups in total. The zero-order chi connectivity index (χ0) is 17.2. The van der Waals surface area contributed by atoms with Crippen molar-refractivity contribution in [2.24, 2.45) is 0 Å². The lowest BCUT2D eigenvalue weighted by Crippen LogP contribution is -2.30. The van der Waals surface area contributed by atoms with E-state index in [0.29, 0.717) is 12.0 Å². The van der Waals surface area contributed by atoms with Crippen LogP contribution in [0.1, 0.15) is 23.0 Å². The molecule has 0 saturated carbocycles. The first kappa shape index (κ1) is 16.0.